The Hall–Kier alpha value is -1.47. The van der Waals surface area contributed by atoms with Gasteiger partial charge >= 0.3 is 0 Å². The van der Waals surface area contributed by atoms with E-state index < -0.39 is 17.4 Å². The lowest BCUT2D eigenvalue weighted by atomic mass is 10.0. The summed E-state index contributed by atoms with van der Waals surface area (Å²) in [5, 5.41) is 14.0. The van der Waals surface area contributed by atoms with Gasteiger partial charge in [0.2, 0.25) is 11.8 Å². The van der Waals surface area contributed by atoms with E-state index in [9.17, 15) is 14.7 Å². The topological polar surface area (TPSA) is 105 Å². The SMILES string of the molecule is CC(O)(CC(=O)Nc1nccs1)C(N)=O. The van der Waals surface area contributed by atoms with Gasteiger partial charge in [-0.15, -0.1) is 11.3 Å². The minimum absolute atomic E-state index is 0.387. The first-order valence-electron chi connectivity index (χ1n) is 4.13. The Labute approximate surface area is 90.1 Å². The smallest absolute Gasteiger partial charge is 0.249 e. The number of primary amides is 1. The summed E-state index contributed by atoms with van der Waals surface area (Å²) < 4.78 is 0. The highest BCUT2D eigenvalue weighted by Crippen LogP contribution is 2.13. The largest absolute Gasteiger partial charge is 0.380 e. The molecule has 1 aromatic rings. The van der Waals surface area contributed by atoms with Crippen molar-refractivity contribution in [2.24, 2.45) is 5.73 Å². The van der Waals surface area contributed by atoms with Crippen LogP contribution in [0.15, 0.2) is 11.6 Å². The van der Waals surface area contributed by atoms with E-state index in [2.05, 4.69) is 10.3 Å². The maximum atomic E-state index is 11.3. The molecule has 0 spiro atoms. The number of anilines is 1. The third kappa shape index (κ3) is 3.30. The van der Waals surface area contributed by atoms with Gasteiger partial charge in [-0.2, -0.15) is 0 Å². The Morgan fingerprint density at radius 2 is 2.40 bits per heavy atom. The Kier molecular flexibility index (Phi) is 3.38. The van der Waals surface area contributed by atoms with Gasteiger partial charge in [-0.25, -0.2) is 4.98 Å². The summed E-state index contributed by atoms with van der Waals surface area (Å²) in [5.74, 6) is -1.44. The van der Waals surface area contributed by atoms with Gasteiger partial charge in [-0.3, -0.25) is 9.59 Å². The number of thiazole rings is 1. The lowest BCUT2D eigenvalue weighted by Crippen LogP contribution is -2.43. The zero-order valence-electron chi connectivity index (χ0n) is 8.06. The van der Waals surface area contributed by atoms with Crippen LogP contribution in [0.3, 0.4) is 0 Å². The number of hydrogen-bond donors (Lipinski definition) is 3. The summed E-state index contributed by atoms with van der Waals surface area (Å²) >= 11 is 1.24. The fourth-order valence-corrected chi connectivity index (χ4v) is 1.39. The molecule has 0 fully saturated rings. The third-order valence-corrected chi connectivity index (χ3v) is 2.40. The maximum absolute atomic E-state index is 11.3. The molecular formula is C8H11N3O3S. The molecule has 2 amide bonds. The van der Waals surface area contributed by atoms with Crippen molar-refractivity contribution in [1.82, 2.24) is 4.98 Å². The second kappa shape index (κ2) is 4.37. The Morgan fingerprint density at radius 1 is 1.73 bits per heavy atom. The quantitative estimate of drug-likeness (QED) is 0.659. The fourth-order valence-electron chi connectivity index (χ4n) is 0.848. The number of nitrogens with two attached hydrogens (primary N) is 1. The van der Waals surface area contributed by atoms with Crippen LogP contribution in [0.2, 0.25) is 0 Å². The van der Waals surface area contributed by atoms with Crippen molar-refractivity contribution in [3.8, 4) is 0 Å². The summed E-state index contributed by atoms with van der Waals surface area (Å²) in [5.41, 5.74) is 3.08. The lowest BCUT2D eigenvalue weighted by molar-refractivity contribution is -0.139. The van der Waals surface area contributed by atoms with Crippen molar-refractivity contribution in [3.05, 3.63) is 11.6 Å². The average Bonchev–Trinajstić information content (AvgIpc) is 2.54. The van der Waals surface area contributed by atoms with Crippen LogP contribution in [0, 0.1) is 0 Å². The molecule has 1 heterocycles. The van der Waals surface area contributed by atoms with E-state index in [0.717, 1.165) is 0 Å². The van der Waals surface area contributed by atoms with Crippen molar-refractivity contribution < 1.29 is 14.7 Å². The van der Waals surface area contributed by atoms with Gasteiger partial charge in [-0.1, -0.05) is 0 Å². The van der Waals surface area contributed by atoms with Gasteiger partial charge < -0.3 is 16.2 Å². The number of hydrogen-bond acceptors (Lipinski definition) is 5. The molecule has 0 aromatic carbocycles. The summed E-state index contributed by atoms with van der Waals surface area (Å²) in [6.45, 7) is 1.19. The molecule has 0 radical (unpaired) electrons. The maximum Gasteiger partial charge on any atom is 0.249 e. The molecular weight excluding hydrogens is 218 g/mol. The van der Waals surface area contributed by atoms with Crippen LogP contribution in [0.1, 0.15) is 13.3 Å². The highest BCUT2D eigenvalue weighted by atomic mass is 32.1. The first-order chi connectivity index (χ1) is 6.92. The number of carbonyl (C=O) groups excluding carboxylic acids is 2. The van der Waals surface area contributed by atoms with Gasteiger partial charge in [-0.05, 0) is 6.92 Å². The molecule has 0 saturated heterocycles. The van der Waals surface area contributed by atoms with Gasteiger partial charge in [0.1, 0.15) is 5.60 Å². The summed E-state index contributed by atoms with van der Waals surface area (Å²) in [6, 6.07) is 0. The molecule has 0 saturated carbocycles. The van der Waals surface area contributed by atoms with Crippen molar-refractivity contribution in [2.45, 2.75) is 18.9 Å². The number of rotatable bonds is 4. The van der Waals surface area contributed by atoms with E-state index in [0.29, 0.717) is 5.13 Å². The summed E-state index contributed by atoms with van der Waals surface area (Å²) in [6.07, 6.45) is 1.15. The molecule has 6 nitrogen and oxygen atoms in total. The highest BCUT2D eigenvalue weighted by Gasteiger charge is 2.30. The molecule has 1 atom stereocenters. The standard InChI is InChI=1S/C8H11N3O3S/c1-8(14,6(9)13)4-5(12)11-7-10-2-3-15-7/h2-3,14H,4H2,1H3,(H2,9,13)(H,10,11,12). The lowest BCUT2D eigenvalue weighted by Gasteiger charge is -2.17. The van der Waals surface area contributed by atoms with E-state index in [1.54, 1.807) is 5.38 Å². The number of nitrogens with one attached hydrogen (secondary N) is 1. The monoisotopic (exact) mass is 229 g/mol. The van der Waals surface area contributed by atoms with Crippen molar-refractivity contribution >= 4 is 28.3 Å². The predicted octanol–water partition coefficient (Wildman–Crippen LogP) is -0.292. The number of nitrogens with zero attached hydrogens (tertiary/aromatic N) is 1. The molecule has 1 aromatic heterocycles. The van der Waals surface area contributed by atoms with E-state index in [1.807, 2.05) is 0 Å². The van der Waals surface area contributed by atoms with E-state index in [4.69, 9.17) is 5.73 Å². The Balaban J connectivity index is 2.53. The molecule has 82 valence electrons. The molecule has 0 aliphatic heterocycles. The molecule has 0 aliphatic rings. The number of carbonyl (C=O) groups is 2. The number of aromatic nitrogens is 1. The normalized spacial score (nSPS) is 14.3. The van der Waals surface area contributed by atoms with Gasteiger partial charge in [0, 0.05) is 11.6 Å². The van der Waals surface area contributed by atoms with Crippen LogP contribution in [0.4, 0.5) is 5.13 Å². The molecule has 0 bridgehead atoms. The minimum Gasteiger partial charge on any atom is -0.380 e. The van der Waals surface area contributed by atoms with Crippen molar-refractivity contribution in [2.75, 3.05) is 5.32 Å². The molecule has 0 aliphatic carbocycles. The van der Waals surface area contributed by atoms with Crippen LogP contribution < -0.4 is 11.1 Å². The zero-order valence-corrected chi connectivity index (χ0v) is 8.87. The zero-order chi connectivity index (χ0) is 11.5. The fraction of sp³-hybridized carbons (Fsp3) is 0.375. The van der Waals surface area contributed by atoms with Gasteiger partial charge in [0.05, 0.1) is 6.42 Å². The van der Waals surface area contributed by atoms with Crippen molar-refractivity contribution in [3.63, 3.8) is 0 Å². The number of aliphatic hydroxyl groups is 1. The van der Waals surface area contributed by atoms with Crippen LogP contribution in [-0.2, 0) is 9.59 Å². The molecule has 1 unspecified atom stereocenters. The second-order valence-corrected chi connectivity index (χ2v) is 4.09. The minimum atomic E-state index is -1.83. The highest BCUT2D eigenvalue weighted by molar-refractivity contribution is 7.13. The predicted molar refractivity (Wildman–Crippen MR) is 55.2 cm³/mol. The average molecular weight is 229 g/mol. The first-order valence-corrected chi connectivity index (χ1v) is 5.01. The molecule has 15 heavy (non-hydrogen) atoms. The van der Waals surface area contributed by atoms with E-state index in [1.165, 1.54) is 24.5 Å². The summed E-state index contributed by atoms with van der Waals surface area (Å²) in [7, 11) is 0. The van der Waals surface area contributed by atoms with Crippen LogP contribution in [-0.4, -0.2) is 27.5 Å². The van der Waals surface area contributed by atoms with Crippen LogP contribution >= 0.6 is 11.3 Å². The van der Waals surface area contributed by atoms with Crippen molar-refractivity contribution in [1.29, 1.82) is 0 Å². The molecule has 1 rings (SSSR count). The van der Waals surface area contributed by atoms with E-state index in [-0.39, 0.29) is 6.42 Å². The Bertz CT molecular complexity index is 361. The van der Waals surface area contributed by atoms with Crippen LogP contribution in [0.5, 0.6) is 0 Å². The third-order valence-electron chi connectivity index (χ3n) is 1.71. The van der Waals surface area contributed by atoms with E-state index >= 15 is 0 Å². The van der Waals surface area contributed by atoms with Gasteiger partial charge in [0.15, 0.2) is 5.13 Å². The summed E-state index contributed by atoms with van der Waals surface area (Å²) in [4.78, 5) is 25.9. The Morgan fingerprint density at radius 3 is 2.87 bits per heavy atom. The van der Waals surface area contributed by atoms with Gasteiger partial charge in [0.25, 0.3) is 0 Å². The first kappa shape index (κ1) is 11.6. The second-order valence-electron chi connectivity index (χ2n) is 3.20. The molecule has 7 heteroatoms. The molecule has 4 N–H and O–H groups in total. The number of amides is 2. The van der Waals surface area contributed by atoms with Crippen LogP contribution in [0.25, 0.3) is 0 Å².